The molecule has 1 amide bonds. The van der Waals surface area contributed by atoms with Crippen LogP contribution in [0.1, 0.15) is 52.7 Å². The molecule has 172 valence electrons. The first-order valence-corrected chi connectivity index (χ1v) is 12.0. The van der Waals surface area contributed by atoms with E-state index in [4.69, 9.17) is 16.7 Å². The van der Waals surface area contributed by atoms with E-state index in [2.05, 4.69) is 16.1 Å². The third kappa shape index (κ3) is 3.60. The van der Waals surface area contributed by atoms with Gasteiger partial charge in [0.2, 0.25) is 5.82 Å². The van der Waals surface area contributed by atoms with Gasteiger partial charge >= 0.3 is 0 Å². The van der Waals surface area contributed by atoms with Gasteiger partial charge in [0.25, 0.3) is 5.91 Å². The van der Waals surface area contributed by atoms with Crippen molar-refractivity contribution in [1.82, 2.24) is 29.4 Å². The lowest BCUT2D eigenvalue weighted by Gasteiger charge is -2.44. The minimum absolute atomic E-state index is 0.0600. The average Bonchev–Trinajstić information content (AvgIpc) is 3.43. The average molecular weight is 473 g/mol. The number of fused-ring (bicyclic) bond motifs is 4. The molecule has 6 rings (SSSR count). The Balaban J connectivity index is 1.32. The zero-order valence-corrected chi connectivity index (χ0v) is 19.7. The molecule has 2 aliphatic rings. The third-order valence-corrected chi connectivity index (χ3v) is 7.16. The zero-order valence-electron chi connectivity index (χ0n) is 18.9. The molecule has 0 N–H and O–H groups in total. The van der Waals surface area contributed by atoms with E-state index in [-0.39, 0.29) is 23.8 Å². The van der Waals surface area contributed by atoms with Crippen molar-refractivity contribution >= 4 is 17.5 Å². The summed E-state index contributed by atoms with van der Waals surface area (Å²) in [4.78, 5) is 20.0. The van der Waals surface area contributed by atoms with E-state index in [1.165, 1.54) is 5.56 Å². The van der Waals surface area contributed by atoms with Crippen LogP contribution < -0.4 is 0 Å². The minimum Gasteiger partial charge on any atom is -0.324 e. The molecule has 0 radical (unpaired) electrons. The van der Waals surface area contributed by atoms with Crippen molar-refractivity contribution < 1.29 is 4.79 Å². The summed E-state index contributed by atoms with van der Waals surface area (Å²) in [5.74, 6) is 0.143. The van der Waals surface area contributed by atoms with Crippen LogP contribution in [0.5, 0.6) is 0 Å². The number of halogens is 1. The smallest absolute Gasteiger partial charge is 0.294 e. The van der Waals surface area contributed by atoms with E-state index in [9.17, 15) is 4.79 Å². The first kappa shape index (κ1) is 21.1. The fourth-order valence-electron chi connectivity index (χ4n) is 5.50. The van der Waals surface area contributed by atoms with Gasteiger partial charge in [0, 0.05) is 29.2 Å². The number of aryl methyl sites for hydroxylation is 1. The highest BCUT2D eigenvalue weighted by atomic mass is 35.5. The summed E-state index contributed by atoms with van der Waals surface area (Å²) in [6.45, 7) is 0.585. The Morgan fingerprint density at radius 3 is 2.76 bits per heavy atom. The van der Waals surface area contributed by atoms with Gasteiger partial charge < -0.3 is 4.90 Å². The first-order valence-electron chi connectivity index (χ1n) is 11.7. The van der Waals surface area contributed by atoms with Crippen LogP contribution in [0.4, 0.5) is 0 Å². The lowest BCUT2D eigenvalue weighted by Crippen LogP contribution is -2.50. The molecule has 1 fully saturated rings. The molecule has 0 unspecified atom stereocenters. The number of hydrogen-bond donors (Lipinski definition) is 0. The second kappa shape index (κ2) is 8.40. The second-order valence-corrected chi connectivity index (χ2v) is 9.55. The normalized spacial score (nSPS) is 19.2. The van der Waals surface area contributed by atoms with Crippen molar-refractivity contribution in [2.45, 2.75) is 44.3 Å². The van der Waals surface area contributed by atoms with E-state index in [1.807, 2.05) is 65.2 Å². The molecule has 0 spiro atoms. The molecule has 0 aliphatic carbocycles. The van der Waals surface area contributed by atoms with Gasteiger partial charge in [0.05, 0.1) is 24.0 Å². The van der Waals surface area contributed by atoms with Crippen LogP contribution in [0.25, 0.3) is 11.3 Å². The Bertz CT molecular complexity index is 1360. The number of carbonyl (C=O) groups excluding carboxylic acids is 1. The highest BCUT2D eigenvalue weighted by Crippen LogP contribution is 2.45. The topological polar surface area (TPSA) is 68.8 Å². The SMILES string of the molecule is Cn1nc2c(c1-c1cccc(Cl)c1)C[C@H]1CCC[C@@H]2N1C(=O)c1ncn(Cc2ccccc2)n1. The van der Waals surface area contributed by atoms with Crippen LogP contribution >= 0.6 is 11.6 Å². The predicted molar refractivity (Wildman–Crippen MR) is 129 cm³/mol. The van der Waals surface area contributed by atoms with Crippen LogP contribution in [-0.2, 0) is 20.0 Å². The van der Waals surface area contributed by atoms with E-state index < -0.39 is 0 Å². The summed E-state index contributed by atoms with van der Waals surface area (Å²) in [5, 5.41) is 10.1. The Hall–Kier alpha value is -3.45. The fraction of sp³-hybridized carbons (Fsp3) is 0.308. The summed E-state index contributed by atoms with van der Waals surface area (Å²) < 4.78 is 3.66. The third-order valence-electron chi connectivity index (χ3n) is 6.92. The van der Waals surface area contributed by atoms with Gasteiger partial charge in [-0.2, -0.15) is 5.10 Å². The molecule has 2 aliphatic heterocycles. The van der Waals surface area contributed by atoms with Crippen molar-refractivity contribution in [1.29, 1.82) is 0 Å². The minimum atomic E-state index is -0.109. The number of benzene rings is 2. The number of nitrogens with zero attached hydrogens (tertiary/aromatic N) is 6. The van der Waals surface area contributed by atoms with Gasteiger partial charge in [-0.3, -0.25) is 9.48 Å². The van der Waals surface area contributed by atoms with Crippen molar-refractivity contribution in [2.75, 3.05) is 0 Å². The lowest BCUT2D eigenvalue weighted by atomic mass is 9.81. The maximum absolute atomic E-state index is 13.6. The van der Waals surface area contributed by atoms with Gasteiger partial charge in [-0.1, -0.05) is 54.1 Å². The highest BCUT2D eigenvalue weighted by Gasteiger charge is 2.44. The van der Waals surface area contributed by atoms with Crippen LogP contribution in [0, 0.1) is 0 Å². The van der Waals surface area contributed by atoms with Gasteiger partial charge in [0.1, 0.15) is 6.33 Å². The summed E-state index contributed by atoms with van der Waals surface area (Å²) in [5.41, 5.74) is 5.49. The summed E-state index contributed by atoms with van der Waals surface area (Å²) in [6.07, 6.45) is 5.36. The van der Waals surface area contributed by atoms with Crippen molar-refractivity contribution in [3.05, 3.63) is 88.6 Å². The standard InChI is InChI=1S/C26H25ClN6O/c1-31-24(18-9-5-10-19(27)13-18)21-14-20-11-6-12-22(23(21)29-31)33(20)26(34)25-28-16-32(30-25)15-17-7-3-2-4-8-17/h2-5,7-10,13,16,20,22H,6,11-12,14-15H2,1H3/t20-,22+/m1/s1. The monoisotopic (exact) mass is 472 g/mol. The predicted octanol–water partition coefficient (Wildman–Crippen LogP) is 4.67. The summed E-state index contributed by atoms with van der Waals surface area (Å²) in [7, 11) is 1.97. The molecule has 34 heavy (non-hydrogen) atoms. The number of rotatable bonds is 4. The number of carbonyl (C=O) groups is 1. The van der Waals surface area contributed by atoms with Crippen molar-refractivity contribution in [3.63, 3.8) is 0 Å². The van der Waals surface area contributed by atoms with Crippen LogP contribution in [0.15, 0.2) is 60.9 Å². The van der Waals surface area contributed by atoms with Crippen molar-refractivity contribution in [3.8, 4) is 11.3 Å². The molecule has 0 saturated carbocycles. The number of piperidine rings is 1. The highest BCUT2D eigenvalue weighted by molar-refractivity contribution is 6.30. The van der Waals surface area contributed by atoms with E-state index >= 15 is 0 Å². The molecular weight excluding hydrogens is 448 g/mol. The molecule has 2 bridgehead atoms. The van der Waals surface area contributed by atoms with E-state index in [1.54, 1.807) is 11.0 Å². The zero-order chi connectivity index (χ0) is 23.2. The van der Waals surface area contributed by atoms with Gasteiger partial charge in [-0.15, -0.1) is 5.10 Å². The largest absolute Gasteiger partial charge is 0.324 e. The molecular formula is C26H25ClN6O. The number of aromatic nitrogens is 5. The molecule has 8 heteroatoms. The quantitative estimate of drug-likeness (QED) is 0.432. The second-order valence-electron chi connectivity index (χ2n) is 9.11. The molecule has 7 nitrogen and oxygen atoms in total. The Morgan fingerprint density at radius 1 is 1.09 bits per heavy atom. The molecule has 4 aromatic rings. The van der Waals surface area contributed by atoms with Gasteiger partial charge in [-0.25, -0.2) is 9.67 Å². The lowest BCUT2D eigenvalue weighted by molar-refractivity contribution is 0.0379. The van der Waals surface area contributed by atoms with Crippen LogP contribution in [-0.4, -0.2) is 41.4 Å². The van der Waals surface area contributed by atoms with Gasteiger partial charge in [-0.05, 0) is 43.4 Å². The molecule has 1 saturated heterocycles. The molecule has 2 aromatic heterocycles. The Morgan fingerprint density at radius 2 is 1.94 bits per heavy atom. The summed E-state index contributed by atoms with van der Waals surface area (Å²) >= 11 is 6.28. The van der Waals surface area contributed by atoms with Crippen LogP contribution in [0.3, 0.4) is 0 Å². The number of hydrogen-bond acceptors (Lipinski definition) is 4. The Labute approximate surface area is 203 Å². The van der Waals surface area contributed by atoms with Crippen LogP contribution in [0.2, 0.25) is 5.02 Å². The van der Waals surface area contributed by atoms with Gasteiger partial charge in [0.15, 0.2) is 0 Å². The van der Waals surface area contributed by atoms with E-state index in [0.29, 0.717) is 11.6 Å². The van der Waals surface area contributed by atoms with Crippen molar-refractivity contribution in [2.24, 2.45) is 7.05 Å². The molecule has 2 atom stereocenters. The van der Waals surface area contributed by atoms with E-state index in [0.717, 1.165) is 48.2 Å². The summed E-state index contributed by atoms with van der Waals surface area (Å²) in [6, 6.07) is 18.0. The maximum Gasteiger partial charge on any atom is 0.294 e. The maximum atomic E-state index is 13.6. The fourth-order valence-corrected chi connectivity index (χ4v) is 5.69. The molecule has 4 heterocycles. The first-order chi connectivity index (χ1) is 16.6. The molecule has 2 aromatic carbocycles. The Kier molecular flexibility index (Phi) is 5.21. The number of amides is 1.